The van der Waals surface area contributed by atoms with Crippen LogP contribution in [0.2, 0.25) is 0 Å². The molecular formula is C25H33NO6. The van der Waals surface area contributed by atoms with Gasteiger partial charge in [-0.05, 0) is 55.0 Å². The number of carbonyl (C=O) groups is 2. The van der Waals surface area contributed by atoms with E-state index < -0.39 is 12.1 Å². The molecule has 1 N–H and O–H groups in total. The number of nitrogens with one attached hydrogen (secondary N) is 1. The molecule has 7 nitrogen and oxygen atoms in total. The number of benzene rings is 2. The zero-order valence-electron chi connectivity index (χ0n) is 19.7. The van der Waals surface area contributed by atoms with E-state index in [2.05, 4.69) is 19.2 Å². The number of carbonyl (C=O) groups excluding carboxylic acids is 2. The maximum atomic E-state index is 12.6. The second kappa shape index (κ2) is 12.0. The summed E-state index contributed by atoms with van der Waals surface area (Å²) < 4.78 is 21.3. The van der Waals surface area contributed by atoms with Crippen LogP contribution in [0, 0.1) is 0 Å². The maximum Gasteiger partial charge on any atom is 0.306 e. The van der Waals surface area contributed by atoms with E-state index in [9.17, 15) is 9.59 Å². The van der Waals surface area contributed by atoms with Crippen molar-refractivity contribution in [3.63, 3.8) is 0 Å². The smallest absolute Gasteiger partial charge is 0.306 e. The fourth-order valence-electron chi connectivity index (χ4n) is 3.33. The summed E-state index contributed by atoms with van der Waals surface area (Å²) in [6.45, 7) is 5.78. The summed E-state index contributed by atoms with van der Waals surface area (Å²) in [5.74, 6) is 1.01. The molecule has 0 bridgehead atoms. The molecule has 0 radical (unpaired) electrons. The number of para-hydroxylation sites is 1. The summed E-state index contributed by atoms with van der Waals surface area (Å²) in [4.78, 5) is 24.9. The van der Waals surface area contributed by atoms with Crippen molar-refractivity contribution in [3.05, 3.63) is 47.5 Å². The first-order valence-electron chi connectivity index (χ1n) is 10.7. The Morgan fingerprint density at radius 3 is 2.16 bits per heavy atom. The van der Waals surface area contributed by atoms with Gasteiger partial charge in [-0.1, -0.05) is 32.0 Å². The number of hydrogen-bond donors (Lipinski definition) is 1. The van der Waals surface area contributed by atoms with Gasteiger partial charge in [0.1, 0.15) is 0 Å². The Morgan fingerprint density at radius 1 is 0.969 bits per heavy atom. The number of anilines is 1. The zero-order chi connectivity index (χ0) is 23.7. The van der Waals surface area contributed by atoms with Gasteiger partial charge < -0.3 is 24.3 Å². The van der Waals surface area contributed by atoms with Crippen LogP contribution in [0.25, 0.3) is 0 Å². The van der Waals surface area contributed by atoms with Crippen LogP contribution in [0.4, 0.5) is 5.69 Å². The molecule has 2 aromatic carbocycles. The van der Waals surface area contributed by atoms with Crippen molar-refractivity contribution in [2.75, 3.05) is 26.6 Å². The number of ether oxygens (including phenoxy) is 4. The molecule has 32 heavy (non-hydrogen) atoms. The van der Waals surface area contributed by atoms with Crippen LogP contribution < -0.4 is 19.5 Å². The van der Waals surface area contributed by atoms with Crippen molar-refractivity contribution >= 4 is 17.6 Å². The summed E-state index contributed by atoms with van der Waals surface area (Å²) in [6, 6.07) is 11.3. The molecule has 0 saturated carbocycles. The monoisotopic (exact) mass is 443 g/mol. The third-order valence-corrected chi connectivity index (χ3v) is 5.38. The maximum absolute atomic E-state index is 12.6. The molecule has 0 saturated heterocycles. The van der Waals surface area contributed by atoms with E-state index in [1.165, 1.54) is 21.3 Å². The number of rotatable bonds is 11. The lowest BCUT2D eigenvalue weighted by Gasteiger charge is -2.18. The number of hydrogen-bond acceptors (Lipinski definition) is 6. The van der Waals surface area contributed by atoms with Gasteiger partial charge in [0.15, 0.2) is 17.6 Å². The average molecular weight is 444 g/mol. The van der Waals surface area contributed by atoms with Gasteiger partial charge >= 0.3 is 5.97 Å². The van der Waals surface area contributed by atoms with Crippen LogP contribution in [-0.4, -0.2) is 39.3 Å². The minimum Gasteiger partial charge on any atom is -0.493 e. The molecule has 7 heteroatoms. The highest BCUT2D eigenvalue weighted by Crippen LogP contribution is 2.38. The molecule has 0 fully saturated rings. The van der Waals surface area contributed by atoms with Gasteiger partial charge in [-0.3, -0.25) is 9.59 Å². The Balaban J connectivity index is 1.97. The van der Waals surface area contributed by atoms with Crippen LogP contribution in [-0.2, 0) is 20.7 Å². The third kappa shape index (κ3) is 6.39. The molecule has 2 unspecified atom stereocenters. The minimum absolute atomic E-state index is 0.111. The first-order chi connectivity index (χ1) is 15.3. The zero-order valence-corrected chi connectivity index (χ0v) is 19.7. The highest BCUT2D eigenvalue weighted by molar-refractivity contribution is 5.95. The topological polar surface area (TPSA) is 83.1 Å². The molecule has 0 aliphatic heterocycles. The van der Waals surface area contributed by atoms with Crippen LogP contribution in [0.1, 0.15) is 50.7 Å². The summed E-state index contributed by atoms with van der Waals surface area (Å²) in [7, 11) is 4.61. The number of esters is 1. The molecule has 174 valence electrons. The van der Waals surface area contributed by atoms with Crippen molar-refractivity contribution < 1.29 is 28.5 Å². The Morgan fingerprint density at radius 2 is 1.59 bits per heavy atom. The molecule has 2 aromatic rings. The van der Waals surface area contributed by atoms with E-state index in [1.807, 2.05) is 24.3 Å². The van der Waals surface area contributed by atoms with Crippen LogP contribution in [0.5, 0.6) is 17.2 Å². The molecule has 0 spiro atoms. The number of amides is 1. The van der Waals surface area contributed by atoms with Gasteiger partial charge in [-0.15, -0.1) is 0 Å². The van der Waals surface area contributed by atoms with Crippen LogP contribution in [0.3, 0.4) is 0 Å². The van der Waals surface area contributed by atoms with Gasteiger partial charge in [-0.2, -0.15) is 0 Å². The fraction of sp³-hybridized carbons (Fsp3) is 0.440. The molecule has 2 rings (SSSR count). The largest absolute Gasteiger partial charge is 0.493 e. The Kier molecular flexibility index (Phi) is 9.38. The highest BCUT2D eigenvalue weighted by atomic mass is 16.5. The van der Waals surface area contributed by atoms with E-state index in [4.69, 9.17) is 18.9 Å². The molecule has 0 aliphatic rings. The second-order valence-electron chi connectivity index (χ2n) is 7.55. The normalized spacial score (nSPS) is 12.4. The average Bonchev–Trinajstić information content (AvgIpc) is 2.81. The van der Waals surface area contributed by atoms with Gasteiger partial charge in [0, 0.05) is 12.1 Å². The Bertz CT molecular complexity index is 901. The van der Waals surface area contributed by atoms with E-state index >= 15 is 0 Å². The van der Waals surface area contributed by atoms with E-state index in [0.717, 1.165) is 23.2 Å². The molecule has 0 heterocycles. The third-order valence-electron chi connectivity index (χ3n) is 5.38. The first kappa shape index (κ1) is 25.0. The molecule has 0 aromatic heterocycles. The van der Waals surface area contributed by atoms with Crippen molar-refractivity contribution in [2.24, 2.45) is 0 Å². The van der Waals surface area contributed by atoms with Gasteiger partial charge in [0.25, 0.3) is 5.91 Å². The lowest BCUT2D eigenvalue weighted by Crippen LogP contribution is -2.30. The predicted molar refractivity (Wildman–Crippen MR) is 124 cm³/mol. The summed E-state index contributed by atoms with van der Waals surface area (Å²) in [5, 5.41) is 2.88. The lowest BCUT2D eigenvalue weighted by atomic mass is 9.97. The Hall–Kier alpha value is -3.22. The summed E-state index contributed by atoms with van der Waals surface area (Å²) in [6.07, 6.45) is 0.561. The van der Waals surface area contributed by atoms with Crippen LogP contribution >= 0.6 is 0 Å². The van der Waals surface area contributed by atoms with Crippen LogP contribution in [0.15, 0.2) is 36.4 Å². The van der Waals surface area contributed by atoms with Gasteiger partial charge in [0.05, 0.1) is 21.3 Å². The number of aryl methyl sites for hydroxylation is 1. The highest BCUT2D eigenvalue weighted by Gasteiger charge is 2.20. The van der Waals surface area contributed by atoms with Crippen molar-refractivity contribution in [1.29, 1.82) is 0 Å². The van der Waals surface area contributed by atoms with Crippen molar-refractivity contribution in [2.45, 2.75) is 52.1 Å². The van der Waals surface area contributed by atoms with Crippen molar-refractivity contribution in [3.8, 4) is 17.2 Å². The van der Waals surface area contributed by atoms with E-state index in [-0.39, 0.29) is 12.3 Å². The fourth-order valence-corrected chi connectivity index (χ4v) is 3.33. The lowest BCUT2D eigenvalue weighted by molar-refractivity contribution is -0.153. The Labute approximate surface area is 190 Å². The second-order valence-corrected chi connectivity index (χ2v) is 7.55. The van der Waals surface area contributed by atoms with Crippen molar-refractivity contribution in [1.82, 2.24) is 0 Å². The molecule has 2 atom stereocenters. The number of methoxy groups -OCH3 is 3. The summed E-state index contributed by atoms with van der Waals surface area (Å²) >= 11 is 0. The first-order valence-corrected chi connectivity index (χ1v) is 10.7. The van der Waals surface area contributed by atoms with Gasteiger partial charge in [0.2, 0.25) is 5.75 Å². The minimum atomic E-state index is -0.910. The molecule has 1 amide bonds. The predicted octanol–water partition coefficient (Wildman–Crippen LogP) is 4.73. The summed E-state index contributed by atoms with van der Waals surface area (Å²) in [5.41, 5.74) is 2.63. The quantitative estimate of drug-likeness (QED) is 0.506. The van der Waals surface area contributed by atoms with Gasteiger partial charge in [-0.25, -0.2) is 0 Å². The SMILES string of the molecule is CCC(C)c1ccccc1NC(=O)C(C)OC(=O)CCc1cc(OC)c(OC)c(OC)c1. The van der Waals surface area contributed by atoms with E-state index in [0.29, 0.717) is 29.6 Å². The molecular weight excluding hydrogens is 410 g/mol. The standard InChI is InChI=1S/C25H33NO6/c1-7-16(2)19-10-8-9-11-20(19)26-25(28)17(3)32-23(27)13-12-18-14-21(29-4)24(31-6)22(15-18)30-5/h8-11,14-17H,7,12-13H2,1-6H3,(H,26,28). The van der Waals surface area contributed by atoms with E-state index in [1.54, 1.807) is 19.1 Å². The molecule has 0 aliphatic carbocycles.